The Bertz CT molecular complexity index is 664. The van der Waals surface area contributed by atoms with Crippen molar-refractivity contribution in [3.8, 4) is 11.4 Å². The Labute approximate surface area is 123 Å². The van der Waals surface area contributed by atoms with E-state index < -0.39 is 5.97 Å². The highest BCUT2D eigenvalue weighted by Crippen LogP contribution is 2.27. The zero-order valence-electron chi connectivity index (χ0n) is 10.6. The number of halogens is 2. The van der Waals surface area contributed by atoms with Gasteiger partial charge >= 0.3 is 5.97 Å². The minimum absolute atomic E-state index is 0.0182. The Morgan fingerprint density at radius 2 is 2.25 bits per heavy atom. The number of benzene rings is 1. The Morgan fingerprint density at radius 3 is 2.85 bits per heavy atom. The predicted octanol–water partition coefficient (Wildman–Crippen LogP) is 2.80. The summed E-state index contributed by atoms with van der Waals surface area (Å²) in [7, 11) is 0. The van der Waals surface area contributed by atoms with Crippen LogP contribution in [-0.4, -0.2) is 22.5 Å². The first-order valence-electron chi connectivity index (χ1n) is 5.78. The van der Waals surface area contributed by atoms with Crippen LogP contribution in [-0.2, 0) is 4.74 Å². The minimum Gasteiger partial charge on any atom is -0.462 e. The van der Waals surface area contributed by atoms with Crippen LogP contribution in [0.3, 0.4) is 0 Å². The van der Waals surface area contributed by atoms with Crippen molar-refractivity contribution in [1.82, 2.24) is 9.97 Å². The second-order valence-corrected chi connectivity index (χ2v) is 4.69. The lowest BCUT2D eigenvalue weighted by Crippen LogP contribution is -2.10. The molecule has 0 spiro atoms. The maximum atomic E-state index is 13.0. The van der Waals surface area contributed by atoms with E-state index in [0.29, 0.717) is 15.9 Å². The van der Waals surface area contributed by atoms with Crippen molar-refractivity contribution in [1.29, 1.82) is 0 Å². The summed E-state index contributed by atoms with van der Waals surface area (Å²) >= 11 is 3.23. The molecule has 0 atom stereocenters. The van der Waals surface area contributed by atoms with E-state index in [4.69, 9.17) is 10.5 Å². The van der Waals surface area contributed by atoms with Gasteiger partial charge in [0, 0.05) is 16.2 Å². The number of nitrogen functional groups attached to an aromatic ring is 1. The second-order valence-electron chi connectivity index (χ2n) is 3.84. The molecular weight excluding hydrogens is 329 g/mol. The van der Waals surface area contributed by atoms with Crippen LogP contribution in [0.5, 0.6) is 0 Å². The second kappa shape index (κ2) is 5.96. The molecule has 7 heteroatoms. The average molecular weight is 340 g/mol. The molecule has 0 radical (unpaired) electrons. The summed E-state index contributed by atoms with van der Waals surface area (Å²) in [4.78, 5) is 19.7. The number of nitrogens with two attached hydrogens (primary N) is 1. The molecule has 20 heavy (non-hydrogen) atoms. The third kappa shape index (κ3) is 2.93. The number of hydrogen-bond donors (Lipinski definition) is 1. The topological polar surface area (TPSA) is 78.1 Å². The van der Waals surface area contributed by atoms with Gasteiger partial charge in [0.05, 0.1) is 6.61 Å². The van der Waals surface area contributed by atoms with Gasteiger partial charge in [-0.05, 0) is 41.1 Å². The number of aromatic nitrogens is 2. The number of nitrogens with zero attached hydrogens (tertiary/aromatic N) is 2. The summed E-state index contributed by atoms with van der Waals surface area (Å²) in [5.74, 6) is -0.640. The van der Waals surface area contributed by atoms with Crippen LogP contribution in [0.25, 0.3) is 11.4 Å². The Hall–Kier alpha value is -2.02. The Morgan fingerprint density at radius 1 is 1.50 bits per heavy atom. The monoisotopic (exact) mass is 339 g/mol. The summed E-state index contributed by atoms with van der Waals surface area (Å²) in [6, 6.07) is 4.12. The number of esters is 1. The van der Waals surface area contributed by atoms with Gasteiger partial charge in [-0.3, -0.25) is 0 Å². The molecule has 0 saturated heterocycles. The molecule has 2 aromatic rings. The van der Waals surface area contributed by atoms with Crippen LogP contribution in [0.2, 0.25) is 0 Å². The molecule has 0 fully saturated rings. The fourth-order valence-electron chi connectivity index (χ4n) is 1.56. The van der Waals surface area contributed by atoms with Crippen molar-refractivity contribution in [2.75, 3.05) is 12.3 Å². The van der Waals surface area contributed by atoms with E-state index in [2.05, 4.69) is 25.9 Å². The quantitative estimate of drug-likeness (QED) is 0.870. The van der Waals surface area contributed by atoms with Gasteiger partial charge in [-0.1, -0.05) is 0 Å². The van der Waals surface area contributed by atoms with Gasteiger partial charge in [-0.15, -0.1) is 0 Å². The maximum Gasteiger partial charge on any atom is 0.343 e. The van der Waals surface area contributed by atoms with Crippen molar-refractivity contribution < 1.29 is 13.9 Å². The average Bonchev–Trinajstić information content (AvgIpc) is 2.38. The van der Waals surface area contributed by atoms with E-state index in [0.717, 1.165) is 0 Å². The highest BCUT2D eigenvalue weighted by atomic mass is 79.9. The normalized spacial score (nSPS) is 10.3. The van der Waals surface area contributed by atoms with Crippen molar-refractivity contribution in [3.63, 3.8) is 0 Å². The smallest absolute Gasteiger partial charge is 0.343 e. The maximum absolute atomic E-state index is 13.0. The molecule has 0 aliphatic carbocycles. The molecule has 104 valence electrons. The molecule has 2 rings (SSSR count). The summed E-state index contributed by atoms with van der Waals surface area (Å²) in [6.07, 6.45) is 1.30. The molecule has 1 aromatic heterocycles. The van der Waals surface area contributed by atoms with E-state index in [1.165, 1.54) is 24.4 Å². The lowest BCUT2D eigenvalue weighted by atomic mass is 10.2. The number of carbonyl (C=O) groups is 1. The molecule has 2 N–H and O–H groups in total. The fourth-order valence-corrected chi connectivity index (χ4v) is 2.09. The highest BCUT2D eigenvalue weighted by Gasteiger charge is 2.15. The standard InChI is InChI=1S/C13H11BrFN3O2/c1-2-20-13(19)9-6-17-12(18-11(9)16)8-4-3-7(15)5-10(8)14/h3-6H,2H2,1H3,(H2,16,17,18). The van der Waals surface area contributed by atoms with Crippen LogP contribution >= 0.6 is 15.9 Å². The molecule has 0 saturated carbocycles. The first-order chi connectivity index (χ1) is 9.52. The predicted molar refractivity (Wildman–Crippen MR) is 75.5 cm³/mol. The van der Waals surface area contributed by atoms with Gasteiger partial charge in [0.1, 0.15) is 17.2 Å². The van der Waals surface area contributed by atoms with Gasteiger partial charge in [-0.25, -0.2) is 19.2 Å². The van der Waals surface area contributed by atoms with E-state index in [9.17, 15) is 9.18 Å². The summed E-state index contributed by atoms with van der Waals surface area (Å²) < 4.78 is 18.4. The van der Waals surface area contributed by atoms with E-state index in [-0.39, 0.29) is 23.8 Å². The highest BCUT2D eigenvalue weighted by molar-refractivity contribution is 9.10. The summed E-state index contributed by atoms with van der Waals surface area (Å²) in [5, 5.41) is 0. The number of ether oxygens (including phenoxy) is 1. The number of rotatable bonds is 3. The Balaban J connectivity index is 2.40. The molecule has 5 nitrogen and oxygen atoms in total. The zero-order valence-corrected chi connectivity index (χ0v) is 12.1. The zero-order chi connectivity index (χ0) is 14.7. The van der Waals surface area contributed by atoms with Gasteiger partial charge in [-0.2, -0.15) is 0 Å². The van der Waals surface area contributed by atoms with Gasteiger partial charge in [0.25, 0.3) is 0 Å². The van der Waals surface area contributed by atoms with E-state index >= 15 is 0 Å². The molecule has 1 aromatic carbocycles. The first-order valence-corrected chi connectivity index (χ1v) is 6.57. The fraction of sp³-hybridized carbons (Fsp3) is 0.154. The van der Waals surface area contributed by atoms with Crippen molar-refractivity contribution in [2.45, 2.75) is 6.92 Å². The minimum atomic E-state index is -0.574. The van der Waals surface area contributed by atoms with Crippen molar-refractivity contribution >= 4 is 27.7 Å². The molecule has 1 heterocycles. The molecule has 0 bridgehead atoms. The van der Waals surface area contributed by atoms with Crippen LogP contribution in [0.15, 0.2) is 28.9 Å². The van der Waals surface area contributed by atoms with Crippen LogP contribution in [0.4, 0.5) is 10.2 Å². The van der Waals surface area contributed by atoms with Crippen LogP contribution in [0.1, 0.15) is 17.3 Å². The lowest BCUT2D eigenvalue weighted by Gasteiger charge is -2.07. The van der Waals surface area contributed by atoms with Gasteiger partial charge in [0.15, 0.2) is 5.82 Å². The van der Waals surface area contributed by atoms with Crippen LogP contribution in [0, 0.1) is 5.82 Å². The lowest BCUT2D eigenvalue weighted by molar-refractivity contribution is 0.0527. The van der Waals surface area contributed by atoms with Gasteiger partial charge in [0.2, 0.25) is 0 Å². The first kappa shape index (κ1) is 14.4. The third-order valence-electron chi connectivity index (χ3n) is 2.49. The van der Waals surface area contributed by atoms with Crippen molar-refractivity contribution in [3.05, 3.63) is 40.2 Å². The molecular formula is C13H11BrFN3O2. The van der Waals surface area contributed by atoms with Crippen molar-refractivity contribution in [2.24, 2.45) is 0 Å². The largest absolute Gasteiger partial charge is 0.462 e. The van der Waals surface area contributed by atoms with E-state index in [1.54, 1.807) is 6.92 Å². The molecule has 0 aliphatic heterocycles. The summed E-state index contributed by atoms with van der Waals surface area (Å²) in [6.45, 7) is 1.93. The molecule has 0 unspecified atom stereocenters. The number of hydrogen-bond acceptors (Lipinski definition) is 5. The number of carbonyl (C=O) groups excluding carboxylic acids is 1. The third-order valence-corrected chi connectivity index (χ3v) is 3.14. The SMILES string of the molecule is CCOC(=O)c1cnc(-c2ccc(F)cc2Br)nc1N. The Kier molecular flexibility index (Phi) is 4.29. The summed E-state index contributed by atoms with van der Waals surface area (Å²) in [5.41, 5.74) is 6.41. The molecule has 0 amide bonds. The molecule has 0 aliphatic rings. The van der Waals surface area contributed by atoms with E-state index in [1.807, 2.05) is 0 Å². The number of anilines is 1. The van der Waals surface area contributed by atoms with Gasteiger partial charge < -0.3 is 10.5 Å². The van der Waals surface area contributed by atoms with Crippen LogP contribution < -0.4 is 5.73 Å².